The Bertz CT molecular complexity index is 504. The molecule has 0 spiro atoms. The summed E-state index contributed by atoms with van der Waals surface area (Å²) in [5.41, 5.74) is 3.42. The van der Waals surface area contributed by atoms with Gasteiger partial charge in [-0.05, 0) is 58.6 Å². The van der Waals surface area contributed by atoms with Gasteiger partial charge in [0.05, 0.1) is 3.79 Å². The van der Waals surface area contributed by atoms with E-state index >= 15 is 0 Å². The highest BCUT2D eigenvalue weighted by atomic mass is 79.9. The van der Waals surface area contributed by atoms with E-state index in [2.05, 4.69) is 35.8 Å². The molecule has 2 rings (SSSR count). The zero-order valence-corrected chi connectivity index (χ0v) is 11.6. The molecule has 0 saturated heterocycles. The largest absolute Gasteiger partial charge is 0.383 e. The van der Waals surface area contributed by atoms with Crippen LogP contribution in [0, 0.1) is 13.8 Å². The second-order valence-electron chi connectivity index (χ2n) is 3.89. The molecular formula is C13H13BrOS. The lowest BCUT2D eigenvalue weighted by Gasteiger charge is -2.10. The van der Waals surface area contributed by atoms with E-state index in [1.54, 1.807) is 11.3 Å². The van der Waals surface area contributed by atoms with Gasteiger partial charge in [-0.1, -0.05) is 18.2 Å². The Morgan fingerprint density at radius 1 is 1.12 bits per heavy atom. The smallest absolute Gasteiger partial charge is 0.113 e. The van der Waals surface area contributed by atoms with Crippen LogP contribution in [0.1, 0.15) is 27.7 Å². The molecular weight excluding hydrogens is 284 g/mol. The second kappa shape index (κ2) is 4.70. The van der Waals surface area contributed by atoms with E-state index in [-0.39, 0.29) is 0 Å². The second-order valence-corrected chi connectivity index (χ2v) is 6.38. The minimum absolute atomic E-state index is 0.518. The van der Waals surface area contributed by atoms with Gasteiger partial charge < -0.3 is 5.11 Å². The minimum atomic E-state index is -0.518. The van der Waals surface area contributed by atoms with Crippen molar-refractivity contribution in [3.63, 3.8) is 0 Å². The summed E-state index contributed by atoms with van der Waals surface area (Å²) in [7, 11) is 0. The van der Waals surface area contributed by atoms with Crippen molar-refractivity contribution < 1.29 is 5.11 Å². The summed E-state index contributed by atoms with van der Waals surface area (Å²) in [6.45, 7) is 4.14. The lowest BCUT2D eigenvalue weighted by Crippen LogP contribution is -1.97. The first-order valence-electron chi connectivity index (χ1n) is 5.08. The average Bonchev–Trinajstić information content (AvgIpc) is 2.68. The summed E-state index contributed by atoms with van der Waals surface area (Å²) in [6.07, 6.45) is -0.518. The molecule has 84 valence electrons. The summed E-state index contributed by atoms with van der Waals surface area (Å²) < 4.78 is 1.05. The Morgan fingerprint density at radius 2 is 1.88 bits per heavy atom. The van der Waals surface area contributed by atoms with E-state index in [1.807, 2.05) is 24.3 Å². The van der Waals surface area contributed by atoms with Crippen molar-refractivity contribution >= 4 is 27.3 Å². The molecule has 3 heteroatoms. The molecule has 0 saturated carbocycles. The van der Waals surface area contributed by atoms with Crippen LogP contribution in [0.15, 0.2) is 34.1 Å². The molecule has 1 atom stereocenters. The van der Waals surface area contributed by atoms with E-state index in [9.17, 15) is 5.11 Å². The summed E-state index contributed by atoms with van der Waals surface area (Å²) >= 11 is 4.97. The molecule has 2 aromatic rings. The van der Waals surface area contributed by atoms with Crippen LogP contribution in [0.3, 0.4) is 0 Å². The topological polar surface area (TPSA) is 20.2 Å². The maximum Gasteiger partial charge on any atom is 0.113 e. The fraction of sp³-hybridized carbons (Fsp3) is 0.231. The number of hydrogen-bond donors (Lipinski definition) is 1. The van der Waals surface area contributed by atoms with Gasteiger partial charge in [-0.15, -0.1) is 11.3 Å². The van der Waals surface area contributed by atoms with Crippen LogP contribution in [0.2, 0.25) is 0 Å². The van der Waals surface area contributed by atoms with Crippen molar-refractivity contribution in [2.24, 2.45) is 0 Å². The minimum Gasteiger partial charge on any atom is -0.383 e. The van der Waals surface area contributed by atoms with Crippen molar-refractivity contribution in [3.8, 4) is 0 Å². The molecule has 1 aromatic heterocycles. The van der Waals surface area contributed by atoms with Crippen LogP contribution < -0.4 is 0 Å². The highest BCUT2D eigenvalue weighted by Crippen LogP contribution is 2.31. The van der Waals surface area contributed by atoms with Crippen molar-refractivity contribution in [2.45, 2.75) is 20.0 Å². The summed E-state index contributed by atoms with van der Waals surface area (Å²) in [5.74, 6) is 0. The van der Waals surface area contributed by atoms with E-state index < -0.39 is 6.10 Å². The van der Waals surface area contributed by atoms with E-state index in [0.29, 0.717) is 0 Å². The third-order valence-electron chi connectivity index (χ3n) is 2.71. The summed E-state index contributed by atoms with van der Waals surface area (Å²) in [4.78, 5) is 0.968. The zero-order chi connectivity index (χ0) is 11.7. The molecule has 0 radical (unpaired) electrons. The van der Waals surface area contributed by atoms with Gasteiger partial charge in [0.15, 0.2) is 0 Å². The number of thiophene rings is 1. The fourth-order valence-electron chi connectivity index (χ4n) is 1.57. The molecule has 1 nitrogen and oxygen atoms in total. The van der Waals surface area contributed by atoms with Crippen LogP contribution in [-0.2, 0) is 0 Å². The Kier molecular flexibility index (Phi) is 3.47. The molecule has 0 amide bonds. The number of aryl methyl sites for hydroxylation is 2. The molecule has 0 aliphatic carbocycles. The molecule has 1 N–H and O–H groups in total. The van der Waals surface area contributed by atoms with Crippen LogP contribution >= 0.6 is 27.3 Å². The van der Waals surface area contributed by atoms with E-state index in [0.717, 1.165) is 14.2 Å². The van der Waals surface area contributed by atoms with Gasteiger partial charge in [-0.2, -0.15) is 0 Å². The SMILES string of the molecule is Cc1ccc(C(O)c2ccc(Br)s2)cc1C. The third-order valence-corrected chi connectivity index (χ3v) is 4.39. The molecule has 1 aromatic carbocycles. The van der Waals surface area contributed by atoms with Gasteiger partial charge in [-0.3, -0.25) is 0 Å². The van der Waals surface area contributed by atoms with Crippen LogP contribution in [-0.4, -0.2) is 5.11 Å². The number of aliphatic hydroxyl groups excluding tert-OH is 1. The maximum atomic E-state index is 10.2. The van der Waals surface area contributed by atoms with Gasteiger partial charge in [0.2, 0.25) is 0 Å². The Labute approximate surface area is 108 Å². The predicted molar refractivity (Wildman–Crippen MR) is 72.0 cm³/mol. The maximum absolute atomic E-state index is 10.2. The Hall–Kier alpha value is -0.640. The van der Waals surface area contributed by atoms with Gasteiger partial charge in [0, 0.05) is 4.88 Å². The molecule has 0 fully saturated rings. The van der Waals surface area contributed by atoms with Crippen molar-refractivity contribution in [1.29, 1.82) is 0 Å². The number of hydrogen-bond acceptors (Lipinski definition) is 2. The standard InChI is InChI=1S/C13H13BrOS/c1-8-3-4-10(7-9(8)2)13(15)11-5-6-12(14)16-11/h3-7,13,15H,1-2H3. The number of halogens is 1. The summed E-state index contributed by atoms with van der Waals surface area (Å²) in [5, 5.41) is 10.2. The van der Waals surface area contributed by atoms with E-state index in [4.69, 9.17) is 0 Å². The summed E-state index contributed by atoms with van der Waals surface area (Å²) in [6, 6.07) is 10.0. The average molecular weight is 297 g/mol. The highest BCUT2D eigenvalue weighted by Gasteiger charge is 2.12. The molecule has 16 heavy (non-hydrogen) atoms. The predicted octanol–water partition coefficient (Wildman–Crippen LogP) is 4.21. The first-order valence-corrected chi connectivity index (χ1v) is 6.69. The van der Waals surface area contributed by atoms with Gasteiger partial charge >= 0.3 is 0 Å². The Morgan fingerprint density at radius 3 is 2.44 bits per heavy atom. The van der Waals surface area contributed by atoms with E-state index in [1.165, 1.54) is 11.1 Å². The third kappa shape index (κ3) is 2.37. The quantitative estimate of drug-likeness (QED) is 0.880. The van der Waals surface area contributed by atoms with Crippen molar-refractivity contribution in [2.75, 3.05) is 0 Å². The molecule has 1 unspecified atom stereocenters. The fourth-order valence-corrected chi connectivity index (χ4v) is 3.01. The monoisotopic (exact) mass is 296 g/mol. The molecule has 1 heterocycles. The number of benzene rings is 1. The first-order chi connectivity index (χ1) is 7.58. The van der Waals surface area contributed by atoms with Crippen LogP contribution in [0.25, 0.3) is 0 Å². The number of aliphatic hydroxyl groups is 1. The van der Waals surface area contributed by atoms with Gasteiger partial charge in [0.25, 0.3) is 0 Å². The normalized spacial score (nSPS) is 12.8. The lowest BCUT2D eigenvalue weighted by atomic mass is 10.0. The van der Waals surface area contributed by atoms with Gasteiger partial charge in [-0.25, -0.2) is 0 Å². The lowest BCUT2D eigenvalue weighted by molar-refractivity contribution is 0.224. The molecule has 0 bridgehead atoms. The Balaban J connectivity index is 2.33. The van der Waals surface area contributed by atoms with Gasteiger partial charge in [0.1, 0.15) is 6.10 Å². The van der Waals surface area contributed by atoms with Crippen LogP contribution in [0.4, 0.5) is 0 Å². The first kappa shape index (κ1) is 11.8. The zero-order valence-electron chi connectivity index (χ0n) is 9.20. The van der Waals surface area contributed by atoms with Crippen LogP contribution in [0.5, 0.6) is 0 Å². The molecule has 0 aliphatic heterocycles. The highest BCUT2D eigenvalue weighted by molar-refractivity contribution is 9.11. The van der Waals surface area contributed by atoms with Crippen molar-refractivity contribution in [1.82, 2.24) is 0 Å². The number of rotatable bonds is 2. The van der Waals surface area contributed by atoms with Crippen molar-refractivity contribution in [3.05, 3.63) is 55.7 Å². The molecule has 0 aliphatic rings.